The van der Waals surface area contributed by atoms with Crippen molar-refractivity contribution >= 4 is 5.97 Å². The molecule has 0 saturated heterocycles. The molecule has 1 rings (SSSR count). The number of esters is 1. The van der Waals surface area contributed by atoms with Crippen molar-refractivity contribution in [2.45, 2.75) is 5.92 Å². The summed E-state index contributed by atoms with van der Waals surface area (Å²) in [6.07, 6.45) is 3.36. The molecule has 0 fully saturated rings. The highest BCUT2D eigenvalue weighted by Crippen LogP contribution is 2.14. The molecule has 0 saturated carbocycles. The number of pyridine rings is 1. The van der Waals surface area contributed by atoms with Crippen LogP contribution in [-0.2, 0) is 9.53 Å². The number of ether oxygens (including phenoxy) is 1. The zero-order chi connectivity index (χ0) is 10.4. The monoisotopic (exact) mass is 194 g/mol. The number of nitrogens with one attached hydrogen (secondary N) is 1. The van der Waals surface area contributed by atoms with E-state index in [4.69, 9.17) is 4.74 Å². The van der Waals surface area contributed by atoms with Crippen LogP contribution in [0.15, 0.2) is 24.5 Å². The number of aromatic nitrogens is 1. The lowest BCUT2D eigenvalue weighted by Crippen LogP contribution is -2.25. The molecule has 0 aromatic carbocycles. The van der Waals surface area contributed by atoms with Gasteiger partial charge in [-0.3, -0.25) is 9.78 Å². The van der Waals surface area contributed by atoms with Crippen LogP contribution in [-0.4, -0.2) is 31.7 Å². The van der Waals surface area contributed by atoms with Gasteiger partial charge in [0.15, 0.2) is 0 Å². The third kappa shape index (κ3) is 2.53. The third-order valence-electron chi connectivity index (χ3n) is 1.98. The lowest BCUT2D eigenvalue weighted by Gasteiger charge is -2.13. The fraction of sp³-hybridized carbons (Fsp3) is 0.400. The van der Waals surface area contributed by atoms with Crippen molar-refractivity contribution in [1.29, 1.82) is 0 Å². The number of rotatable bonds is 4. The van der Waals surface area contributed by atoms with Gasteiger partial charge in [0, 0.05) is 18.9 Å². The molecular weight excluding hydrogens is 180 g/mol. The van der Waals surface area contributed by atoms with Crippen molar-refractivity contribution in [2.75, 3.05) is 20.7 Å². The van der Waals surface area contributed by atoms with Gasteiger partial charge in [0.05, 0.1) is 13.0 Å². The number of methoxy groups -OCH3 is 1. The molecule has 0 bridgehead atoms. The molecule has 1 atom stereocenters. The van der Waals surface area contributed by atoms with Crippen LogP contribution in [0.25, 0.3) is 0 Å². The average molecular weight is 194 g/mol. The van der Waals surface area contributed by atoms with Crippen molar-refractivity contribution in [1.82, 2.24) is 10.3 Å². The molecule has 0 radical (unpaired) electrons. The third-order valence-corrected chi connectivity index (χ3v) is 1.98. The van der Waals surface area contributed by atoms with Crippen LogP contribution in [0.5, 0.6) is 0 Å². The SMILES string of the molecule is CNCC(C(=O)OC)c1cccnc1. The van der Waals surface area contributed by atoms with Crippen LogP contribution in [0, 0.1) is 0 Å². The summed E-state index contributed by atoms with van der Waals surface area (Å²) in [5.74, 6) is -0.522. The van der Waals surface area contributed by atoms with Crippen molar-refractivity contribution < 1.29 is 9.53 Å². The zero-order valence-electron chi connectivity index (χ0n) is 8.36. The fourth-order valence-electron chi connectivity index (χ4n) is 1.27. The molecule has 0 aliphatic heterocycles. The summed E-state index contributed by atoms with van der Waals surface area (Å²) in [6, 6.07) is 3.67. The lowest BCUT2D eigenvalue weighted by atomic mass is 10.0. The molecule has 1 unspecified atom stereocenters. The Balaban J connectivity index is 2.83. The molecule has 0 spiro atoms. The molecule has 0 amide bonds. The first kappa shape index (κ1) is 10.7. The second-order valence-electron chi connectivity index (χ2n) is 2.92. The quantitative estimate of drug-likeness (QED) is 0.711. The Morgan fingerprint density at radius 1 is 1.71 bits per heavy atom. The van der Waals surface area contributed by atoms with Crippen LogP contribution >= 0.6 is 0 Å². The van der Waals surface area contributed by atoms with E-state index in [2.05, 4.69) is 10.3 Å². The van der Waals surface area contributed by atoms with E-state index in [-0.39, 0.29) is 11.9 Å². The number of carbonyl (C=O) groups is 1. The van der Waals surface area contributed by atoms with Gasteiger partial charge in [0.2, 0.25) is 0 Å². The first-order chi connectivity index (χ1) is 6.79. The standard InChI is InChI=1S/C10H14N2O2/c1-11-7-9(10(13)14-2)8-4-3-5-12-6-8/h3-6,9,11H,7H2,1-2H3. The average Bonchev–Trinajstić information content (AvgIpc) is 2.26. The summed E-state index contributed by atoms with van der Waals surface area (Å²) in [6.45, 7) is 0.554. The molecule has 76 valence electrons. The van der Waals surface area contributed by atoms with E-state index in [9.17, 15) is 4.79 Å². The minimum absolute atomic E-state index is 0.243. The topological polar surface area (TPSA) is 51.2 Å². The fourth-order valence-corrected chi connectivity index (χ4v) is 1.27. The van der Waals surface area contributed by atoms with Crippen molar-refractivity contribution in [3.05, 3.63) is 30.1 Å². The zero-order valence-corrected chi connectivity index (χ0v) is 8.36. The van der Waals surface area contributed by atoms with Gasteiger partial charge in [-0.1, -0.05) is 6.07 Å². The molecule has 1 N–H and O–H groups in total. The number of nitrogens with zero attached hydrogens (tertiary/aromatic N) is 1. The van der Waals surface area contributed by atoms with Gasteiger partial charge in [0.1, 0.15) is 0 Å². The second kappa shape index (κ2) is 5.34. The lowest BCUT2D eigenvalue weighted by molar-refractivity contribution is -0.142. The number of carbonyl (C=O) groups excluding carboxylic acids is 1. The van der Waals surface area contributed by atoms with Crippen LogP contribution < -0.4 is 5.32 Å². The maximum Gasteiger partial charge on any atom is 0.314 e. The summed E-state index contributed by atoms with van der Waals surface area (Å²) in [5, 5.41) is 2.95. The van der Waals surface area contributed by atoms with Gasteiger partial charge >= 0.3 is 5.97 Å². The van der Waals surface area contributed by atoms with E-state index in [1.807, 2.05) is 6.07 Å². The van der Waals surface area contributed by atoms with Gasteiger partial charge in [-0.2, -0.15) is 0 Å². The van der Waals surface area contributed by atoms with E-state index in [0.29, 0.717) is 6.54 Å². The normalized spacial score (nSPS) is 12.1. The molecule has 4 nitrogen and oxygen atoms in total. The highest BCUT2D eigenvalue weighted by atomic mass is 16.5. The molecule has 0 aliphatic rings. The first-order valence-corrected chi connectivity index (χ1v) is 4.42. The van der Waals surface area contributed by atoms with Crippen LogP contribution in [0.1, 0.15) is 11.5 Å². The van der Waals surface area contributed by atoms with Crippen LogP contribution in [0.3, 0.4) is 0 Å². The number of hydrogen-bond acceptors (Lipinski definition) is 4. The number of likely N-dealkylation sites (N-methyl/N-ethyl adjacent to an activating group) is 1. The molecule has 4 heteroatoms. The van der Waals surface area contributed by atoms with Gasteiger partial charge in [0.25, 0.3) is 0 Å². The summed E-state index contributed by atoms with van der Waals surface area (Å²) in [4.78, 5) is 15.4. The van der Waals surface area contributed by atoms with Crippen LogP contribution in [0.4, 0.5) is 0 Å². The maximum absolute atomic E-state index is 11.4. The Hall–Kier alpha value is -1.42. The summed E-state index contributed by atoms with van der Waals surface area (Å²) < 4.78 is 4.71. The van der Waals surface area contributed by atoms with E-state index in [1.165, 1.54) is 7.11 Å². The summed E-state index contributed by atoms with van der Waals surface area (Å²) in [7, 11) is 3.19. The summed E-state index contributed by atoms with van der Waals surface area (Å²) in [5.41, 5.74) is 0.869. The predicted octanol–water partition coefficient (Wildman–Crippen LogP) is 0.558. The van der Waals surface area contributed by atoms with Gasteiger partial charge in [-0.15, -0.1) is 0 Å². The molecular formula is C10H14N2O2. The van der Waals surface area contributed by atoms with E-state index >= 15 is 0 Å². The molecule has 0 aliphatic carbocycles. The second-order valence-corrected chi connectivity index (χ2v) is 2.92. The predicted molar refractivity (Wildman–Crippen MR) is 52.9 cm³/mol. The van der Waals surface area contributed by atoms with Crippen molar-refractivity contribution in [2.24, 2.45) is 0 Å². The summed E-state index contributed by atoms with van der Waals surface area (Å²) >= 11 is 0. The van der Waals surface area contributed by atoms with E-state index < -0.39 is 0 Å². The Bertz CT molecular complexity index is 287. The number of hydrogen-bond donors (Lipinski definition) is 1. The Labute approximate surface area is 83.3 Å². The van der Waals surface area contributed by atoms with Gasteiger partial charge in [-0.05, 0) is 18.7 Å². The minimum atomic E-state index is -0.279. The van der Waals surface area contributed by atoms with E-state index in [1.54, 1.807) is 25.5 Å². The van der Waals surface area contributed by atoms with Gasteiger partial charge < -0.3 is 10.1 Å². The van der Waals surface area contributed by atoms with Crippen LogP contribution in [0.2, 0.25) is 0 Å². The molecule has 14 heavy (non-hydrogen) atoms. The van der Waals surface area contributed by atoms with Gasteiger partial charge in [-0.25, -0.2) is 0 Å². The largest absolute Gasteiger partial charge is 0.469 e. The Kier molecular flexibility index (Phi) is 4.07. The Morgan fingerprint density at radius 2 is 2.50 bits per heavy atom. The van der Waals surface area contributed by atoms with Crippen molar-refractivity contribution in [3.8, 4) is 0 Å². The smallest absolute Gasteiger partial charge is 0.314 e. The van der Waals surface area contributed by atoms with E-state index in [0.717, 1.165) is 5.56 Å². The minimum Gasteiger partial charge on any atom is -0.469 e. The first-order valence-electron chi connectivity index (χ1n) is 4.42. The van der Waals surface area contributed by atoms with Crippen molar-refractivity contribution in [3.63, 3.8) is 0 Å². The Morgan fingerprint density at radius 3 is 3.00 bits per heavy atom. The maximum atomic E-state index is 11.4. The molecule has 1 heterocycles. The molecule has 1 aromatic rings. The molecule has 1 aromatic heterocycles. The highest BCUT2D eigenvalue weighted by Gasteiger charge is 2.20. The highest BCUT2D eigenvalue weighted by molar-refractivity contribution is 5.78.